The van der Waals surface area contributed by atoms with Gasteiger partial charge in [0.2, 0.25) is 9.84 Å². The summed E-state index contributed by atoms with van der Waals surface area (Å²) in [5, 5.41) is 0. The number of benzene rings is 6. The van der Waals surface area contributed by atoms with Crippen LogP contribution in [0.1, 0.15) is 51.8 Å². The Bertz CT molecular complexity index is 2190. The Balaban J connectivity index is 0.000000701. The van der Waals surface area contributed by atoms with Crippen molar-refractivity contribution in [3.63, 3.8) is 0 Å². The fourth-order valence-corrected chi connectivity index (χ4v) is 9.51. The Kier molecular flexibility index (Phi) is 14.7. The van der Waals surface area contributed by atoms with Gasteiger partial charge >= 0.3 is 5.51 Å². The molecule has 5 nitrogen and oxygen atoms in total. The molecule has 0 aliphatic rings. The van der Waals surface area contributed by atoms with Gasteiger partial charge in [0.05, 0.1) is 10.9 Å². The third kappa shape index (κ3) is 12.5. The number of hydrogen-bond acceptors (Lipinski definition) is 8. The van der Waals surface area contributed by atoms with E-state index in [-0.39, 0.29) is 34.5 Å². The van der Waals surface area contributed by atoms with E-state index in [0.29, 0.717) is 16.7 Å². The van der Waals surface area contributed by atoms with Gasteiger partial charge in [0.25, 0.3) is 0 Å². The Morgan fingerprint density at radius 1 is 0.421 bits per heavy atom. The average molecular weight is 862 g/mol. The minimum Gasteiger partial charge on any atom is -0.295 e. The molecule has 0 aromatic heterocycles. The van der Waals surface area contributed by atoms with E-state index in [9.17, 15) is 36.0 Å². The van der Waals surface area contributed by atoms with Crippen molar-refractivity contribution >= 4 is 73.4 Å². The Morgan fingerprint density at radius 2 is 0.596 bits per heavy atom. The molecule has 6 aromatic rings. The number of sulfone groups is 1. The second kappa shape index (κ2) is 19.3. The molecule has 0 saturated carbocycles. The number of alkyl halides is 3. The number of Topliss-reactive ketones (excluding diaryl/α,β-unsaturated/α-hetero) is 3. The predicted molar refractivity (Wildman–Crippen MR) is 224 cm³/mol. The van der Waals surface area contributed by atoms with E-state index in [2.05, 4.69) is 72.8 Å². The van der Waals surface area contributed by atoms with E-state index in [1.54, 1.807) is 56.1 Å². The summed E-state index contributed by atoms with van der Waals surface area (Å²) in [6.45, 7) is 4.75. The second-order valence-electron chi connectivity index (χ2n) is 12.5. The largest absolute Gasteiger partial charge is 0.497 e. The number of carbonyl (C=O) groups is 3. The van der Waals surface area contributed by atoms with Crippen LogP contribution in [-0.4, -0.2) is 37.5 Å². The summed E-state index contributed by atoms with van der Waals surface area (Å²) >= 11 is 5.04. The van der Waals surface area contributed by atoms with Crippen molar-refractivity contribution in [2.75, 3.05) is 6.26 Å². The van der Waals surface area contributed by atoms with Crippen LogP contribution < -0.4 is 0 Å². The van der Waals surface area contributed by atoms with Gasteiger partial charge in [-0.25, -0.2) is 8.42 Å². The summed E-state index contributed by atoms with van der Waals surface area (Å²) in [6.07, 6.45) is 0.118. The SMILES string of the molecule is CC(=O)c1ccc(Sc2ccc([S+](c3ccc(Sc4ccc(C(C)=O)cc4)cc3)c3ccc(Sc4ccc(C(C)=O)cc4)cc3)cc2)cc1.CS(=O)(=O)C(F)(F)F. The maximum atomic E-state index is 11.7. The molecular formula is C44H36F3O5S5+. The van der Waals surface area contributed by atoms with Crippen LogP contribution in [0.25, 0.3) is 0 Å². The molecule has 0 N–H and O–H groups in total. The summed E-state index contributed by atoms with van der Waals surface area (Å²) in [5.41, 5.74) is -2.94. The van der Waals surface area contributed by atoms with Crippen LogP contribution in [-0.2, 0) is 20.7 Å². The molecule has 6 rings (SSSR count). The first-order chi connectivity index (χ1) is 27.0. The van der Waals surface area contributed by atoms with Crippen LogP contribution in [0.15, 0.2) is 190 Å². The molecule has 0 spiro atoms. The van der Waals surface area contributed by atoms with Crippen LogP contribution in [0.5, 0.6) is 0 Å². The van der Waals surface area contributed by atoms with Gasteiger partial charge in [0.1, 0.15) is 0 Å². The van der Waals surface area contributed by atoms with Gasteiger partial charge in [0, 0.05) is 52.3 Å². The maximum Gasteiger partial charge on any atom is 0.497 e. The molecule has 0 heterocycles. The minimum absolute atomic E-state index is 0.0674. The van der Waals surface area contributed by atoms with Crippen molar-refractivity contribution in [1.82, 2.24) is 0 Å². The first kappa shape index (κ1) is 43.6. The number of hydrogen-bond donors (Lipinski definition) is 0. The first-order valence-corrected chi connectivity index (χ1v) is 22.7. The predicted octanol–water partition coefficient (Wildman–Crippen LogP) is 12.4. The van der Waals surface area contributed by atoms with Crippen LogP contribution in [0.3, 0.4) is 0 Å². The van der Waals surface area contributed by atoms with Gasteiger partial charge in [-0.15, -0.1) is 0 Å². The summed E-state index contributed by atoms with van der Waals surface area (Å²) in [4.78, 5) is 45.4. The highest BCUT2D eigenvalue weighted by Crippen LogP contribution is 2.37. The van der Waals surface area contributed by atoms with Crippen LogP contribution >= 0.6 is 35.3 Å². The van der Waals surface area contributed by atoms with Gasteiger partial charge in [0.15, 0.2) is 32.0 Å². The van der Waals surface area contributed by atoms with Gasteiger partial charge in [-0.05, 0) is 130 Å². The normalized spacial score (nSPS) is 11.4. The zero-order valence-corrected chi connectivity index (χ0v) is 35.2. The zero-order valence-electron chi connectivity index (χ0n) is 31.1. The van der Waals surface area contributed by atoms with Crippen molar-refractivity contribution in [3.8, 4) is 0 Å². The molecule has 13 heteroatoms. The molecule has 0 aliphatic carbocycles. The van der Waals surface area contributed by atoms with Gasteiger partial charge < -0.3 is 0 Å². The molecule has 0 unspecified atom stereocenters. The highest BCUT2D eigenvalue weighted by molar-refractivity contribution is 8.00. The standard InChI is InChI=1S/C42H33O3S4.C2H3F3O2S/c1-28(43)31-4-10-34(11-5-31)46-37-16-22-40(23-17-37)49(41-24-18-38(19-25-41)47-35-12-6-32(7-13-35)29(2)44)42-26-20-39(21-27-42)48-36-14-8-33(9-15-36)30(3)45;1-8(6,7)2(3,4)5/h4-27H,1-3H3;1H3/q+1;. The lowest BCUT2D eigenvalue weighted by Gasteiger charge is -2.11. The molecule has 0 bridgehead atoms. The molecule has 0 saturated heterocycles. The quantitative estimate of drug-likeness (QED) is 0.0888. The Morgan fingerprint density at radius 3 is 0.754 bits per heavy atom. The number of ketones is 3. The zero-order chi connectivity index (χ0) is 41.3. The van der Waals surface area contributed by atoms with Gasteiger partial charge in [-0.3, -0.25) is 14.4 Å². The monoisotopic (exact) mass is 861 g/mol. The number of rotatable bonds is 12. The minimum atomic E-state index is -5.09. The van der Waals surface area contributed by atoms with E-state index in [1.807, 2.05) is 72.8 Å². The average Bonchev–Trinajstić information content (AvgIpc) is 3.17. The molecule has 0 atom stereocenters. The fraction of sp³-hybridized carbons (Fsp3) is 0.114. The molecule has 0 amide bonds. The van der Waals surface area contributed by atoms with Crippen molar-refractivity contribution in [3.05, 3.63) is 162 Å². The van der Waals surface area contributed by atoms with Crippen molar-refractivity contribution < 1.29 is 36.0 Å². The topological polar surface area (TPSA) is 85.3 Å². The highest BCUT2D eigenvalue weighted by Gasteiger charge is 2.41. The van der Waals surface area contributed by atoms with Crippen LogP contribution in [0.4, 0.5) is 13.2 Å². The van der Waals surface area contributed by atoms with Gasteiger partial charge in [-0.1, -0.05) is 71.7 Å². The van der Waals surface area contributed by atoms with E-state index in [0.717, 1.165) is 29.4 Å². The lowest BCUT2D eigenvalue weighted by molar-refractivity contribution is -0.0429. The fourth-order valence-electron chi connectivity index (χ4n) is 5.02. The van der Waals surface area contributed by atoms with E-state index >= 15 is 0 Å². The van der Waals surface area contributed by atoms with Crippen molar-refractivity contribution in [2.45, 2.75) is 70.3 Å². The lowest BCUT2D eigenvalue weighted by Crippen LogP contribution is -2.20. The molecule has 0 radical (unpaired) electrons. The molecular weight excluding hydrogens is 826 g/mol. The van der Waals surface area contributed by atoms with Gasteiger partial charge in [-0.2, -0.15) is 13.2 Å². The first-order valence-electron chi connectivity index (χ1n) is 17.1. The van der Waals surface area contributed by atoms with E-state index in [4.69, 9.17) is 0 Å². The Labute approximate surface area is 346 Å². The molecule has 6 aromatic carbocycles. The molecule has 0 fully saturated rings. The highest BCUT2D eigenvalue weighted by atomic mass is 32.2. The van der Waals surface area contributed by atoms with Crippen LogP contribution in [0, 0.1) is 0 Å². The maximum absolute atomic E-state index is 11.7. The van der Waals surface area contributed by atoms with Crippen LogP contribution in [0.2, 0.25) is 0 Å². The second-order valence-corrected chi connectivity index (χ2v) is 20.0. The molecule has 57 heavy (non-hydrogen) atoms. The Hall–Kier alpha value is -4.53. The van der Waals surface area contributed by atoms with Crippen molar-refractivity contribution in [2.24, 2.45) is 0 Å². The molecule has 292 valence electrons. The smallest absolute Gasteiger partial charge is 0.295 e. The van der Waals surface area contributed by atoms with Crippen molar-refractivity contribution in [1.29, 1.82) is 0 Å². The number of halogens is 3. The summed E-state index contributed by atoms with van der Waals surface area (Å²) < 4.78 is 52.0. The summed E-state index contributed by atoms with van der Waals surface area (Å²) in [7, 11) is -5.18. The lowest BCUT2D eigenvalue weighted by atomic mass is 10.2. The number of carbonyl (C=O) groups excluding carboxylic acids is 3. The molecule has 0 aliphatic heterocycles. The third-order valence-electron chi connectivity index (χ3n) is 8.09. The van der Waals surface area contributed by atoms with E-state index in [1.165, 1.54) is 14.7 Å². The summed E-state index contributed by atoms with van der Waals surface area (Å²) in [5.74, 6) is 0.202. The van der Waals surface area contributed by atoms with E-state index < -0.39 is 15.3 Å². The third-order valence-corrected chi connectivity index (χ3v) is 14.2. The summed E-state index contributed by atoms with van der Waals surface area (Å²) in [6, 6.07) is 49.5.